The lowest BCUT2D eigenvalue weighted by Crippen LogP contribution is -2.13. The highest BCUT2D eigenvalue weighted by atomic mass is 35.5. The smallest absolute Gasteiger partial charge is 0.268 e. The van der Waals surface area contributed by atoms with Crippen molar-refractivity contribution in [1.82, 2.24) is 10.2 Å². The van der Waals surface area contributed by atoms with E-state index in [0.717, 1.165) is 11.4 Å². The largest absolute Gasteiger partial charge is 0.493 e. The molecule has 2 aromatic rings. The van der Waals surface area contributed by atoms with E-state index in [2.05, 4.69) is 15.5 Å². The molecule has 0 saturated heterocycles. The minimum atomic E-state index is -0.591. The number of nitriles is 1. The SMILES string of the molecule is CCc1nnc(NC(=O)C(C#N)=Cc2ccc(OC)c(OC)c2Cl)s1. The first kappa shape index (κ1) is 18.7. The van der Waals surface area contributed by atoms with Gasteiger partial charge < -0.3 is 9.47 Å². The van der Waals surface area contributed by atoms with E-state index in [9.17, 15) is 10.1 Å². The van der Waals surface area contributed by atoms with Crippen molar-refractivity contribution >= 4 is 40.1 Å². The van der Waals surface area contributed by atoms with Gasteiger partial charge >= 0.3 is 0 Å². The van der Waals surface area contributed by atoms with Crippen molar-refractivity contribution in [2.75, 3.05) is 19.5 Å². The molecule has 0 atom stereocenters. The highest BCUT2D eigenvalue weighted by Crippen LogP contribution is 2.38. The monoisotopic (exact) mass is 378 g/mol. The van der Waals surface area contributed by atoms with Crippen LogP contribution in [0.15, 0.2) is 17.7 Å². The van der Waals surface area contributed by atoms with E-state index in [0.29, 0.717) is 22.2 Å². The van der Waals surface area contributed by atoms with E-state index in [-0.39, 0.29) is 10.6 Å². The molecule has 0 radical (unpaired) electrons. The molecule has 25 heavy (non-hydrogen) atoms. The summed E-state index contributed by atoms with van der Waals surface area (Å²) >= 11 is 7.53. The summed E-state index contributed by atoms with van der Waals surface area (Å²) in [6, 6.07) is 5.13. The second kappa shape index (κ2) is 8.46. The van der Waals surface area contributed by atoms with Crippen LogP contribution < -0.4 is 14.8 Å². The minimum absolute atomic E-state index is 0.123. The standard InChI is InChI=1S/C16H15ClN4O3S/c1-4-12-20-21-16(25-12)19-15(22)10(8-18)7-9-5-6-11(23-2)14(24-3)13(9)17/h5-7H,4H2,1-3H3,(H,19,21,22). The summed E-state index contributed by atoms with van der Waals surface area (Å²) in [6.45, 7) is 1.94. The molecule has 0 aliphatic rings. The van der Waals surface area contributed by atoms with E-state index in [1.165, 1.54) is 31.6 Å². The number of hydrogen-bond donors (Lipinski definition) is 1. The lowest BCUT2D eigenvalue weighted by molar-refractivity contribution is -0.112. The molecule has 7 nitrogen and oxygen atoms in total. The molecule has 0 aliphatic heterocycles. The van der Waals surface area contributed by atoms with Crippen molar-refractivity contribution in [3.8, 4) is 17.6 Å². The number of ether oxygens (including phenoxy) is 2. The lowest BCUT2D eigenvalue weighted by atomic mass is 10.1. The Kier molecular flexibility index (Phi) is 6.33. The molecule has 0 fully saturated rings. The summed E-state index contributed by atoms with van der Waals surface area (Å²) < 4.78 is 10.4. The Morgan fingerprint density at radius 2 is 2.16 bits per heavy atom. The van der Waals surface area contributed by atoms with Gasteiger partial charge in [-0.2, -0.15) is 5.26 Å². The molecule has 9 heteroatoms. The number of hydrogen-bond acceptors (Lipinski definition) is 7. The van der Waals surface area contributed by atoms with Gasteiger partial charge in [-0.3, -0.25) is 10.1 Å². The fourth-order valence-corrected chi connectivity index (χ4v) is 2.89. The van der Waals surface area contributed by atoms with Crippen LogP contribution in [0.3, 0.4) is 0 Å². The van der Waals surface area contributed by atoms with Gasteiger partial charge in [0.1, 0.15) is 16.6 Å². The molecule has 1 aromatic heterocycles. The number of amides is 1. The van der Waals surface area contributed by atoms with Crippen molar-refractivity contribution in [3.05, 3.63) is 33.3 Å². The Morgan fingerprint density at radius 1 is 1.40 bits per heavy atom. The Morgan fingerprint density at radius 3 is 2.72 bits per heavy atom. The Hall–Kier alpha value is -2.63. The van der Waals surface area contributed by atoms with Gasteiger partial charge in [-0.1, -0.05) is 29.9 Å². The molecule has 0 saturated carbocycles. The zero-order chi connectivity index (χ0) is 18.4. The molecule has 0 unspecified atom stereocenters. The van der Waals surface area contributed by atoms with Gasteiger partial charge in [0.25, 0.3) is 5.91 Å². The third-order valence-corrected chi connectivity index (χ3v) is 4.54. The molecule has 1 amide bonds. The number of methoxy groups -OCH3 is 2. The fourth-order valence-electron chi connectivity index (χ4n) is 1.93. The third-order valence-electron chi connectivity index (χ3n) is 3.17. The van der Waals surface area contributed by atoms with E-state index in [1.54, 1.807) is 12.1 Å². The number of carbonyl (C=O) groups is 1. The minimum Gasteiger partial charge on any atom is -0.493 e. The van der Waals surface area contributed by atoms with Gasteiger partial charge in [-0.05, 0) is 30.2 Å². The van der Waals surface area contributed by atoms with Crippen molar-refractivity contribution in [2.24, 2.45) is 0 Å². The van der Waals surface area contributed by atoms with Crippen LogP contribution in [0.1, 0.15) is 17.5 Å². The van der Waals surface area contributed by atoms with Crippen molar-refractivity contribution in [3.63, 3.8) is 0 Å². The topological polar surface area (TPSA) is 97.1 Å². The van der Waals surface area contributed by atoms with Crippen LogP contribution in [0.4, 0.5) is 5.13 Å². The fraction of sp³-hybridized carbons (Fsp3) is 0.250. The van der Waals surface area contributed by atoms with Gasteiger partial charge in [0, 0.05) is 0 Å². The van der Waals surface area contributed by atoms with Gasteiger partial charge in [-0.15, -0.1) is 10.2 Å². The Labute approximate surface area is 153 Å². The summed E-state index contributed by atoms with van der Waals surface area (Å²) in [4.78, 5) is 12.3. The number of anilines is 1. The average Bonchev–Trinajstić information content (AvgIpc) is 3.07. The lowest BCUT2D eigenvalue weighted by Gasteiger charge is -2.11. The predicted molar refractivity (Wildman–Crippen MR) is 96.1 cm³/mol. The van der Waals surface area contributed by atoms with Crippen LogP contribution in [0, 0.1) is 11.3 Å². The first-order valence-electron chi connectivity index (χ1n) is 7.20. The zero-order valence-corrected chi connectivity index (χ0v) is 15.4. The summed E-state index contributed by atoms with van der Waals surface area (Å²) in [7, 11) is 2.94. The molecular weight excluding hydrogens is 364 g/mol. The van der Waals surface area contributed by atoms with Crippen molar-refractivity contribution in [1.29, 1.82) is 5.26 Å². The molecule has 0 spiro atoms. The molecule has 1 N–H and O–H groups in total. The molecule has 0 bridgehead atoms. The maximum atomic E-state index is 12.3. The van der Waals surface area contributed by atoms with Gasteiger partial charge in [-0.25, -0.2) is 0 Å². The number of aromatic nitrogens is 2. The second-order valence-electron chi connectivity index (χ2n) is 4.68. The number of halogens is 1. The van der Waals surface area contributed by atoms with E-state index in [1.807, 2.05) is 13.0 Å². The van der Waals surface area contributed by atoms with Gasteiger partial charge in [0.15, 0.2) is 11.5 Å². The van der Waals surface area contributed by atoms with Crippen LogP contribution in [0.25, 0.3) is 6.08 Å². The van der Waals surface area contributed by atoms with E-state index in [4.69, 9.17) is 21.1 Å². The quantitative estimate of drug-likeness (QED) is 0.611. The number of nitrogens with one attached hydrogen (secondary N) is 1. The van der Waals surface area contributed by atoms with E-state index < -0.39 is 5.91 Å². The number of carbonyl (C=O) groups excluding carboxylic acids is 1. The first-order chi connectivity index (χ1) is 12.0. The normalized spacial score (nSPS) is 10.9. The molecule has 1 aromatic carbocycles. The van der Waals surface area contributed by atoms with Crippen molar-refractivity contribution in [2.45, 2.75) is 13.3 Å². The second-order valence-corrected chi connectivity index (χ2v) is 6.12. The number of aryl methyl sites for hydroxylation is 1. The number of rotatable bonds is 6. The zero-order valence-electron chi connectivity index (χ0n) is 13.8. The van der Waals surface area contributed by atoms with E-state index >= 15 is 0 Å². The van der Waals surface area contributed by atoms with Gasteiger partial charge in [0.05, 0.1) is 19.2 Å². The molecular formula is C16H15ClN4O3S. The Bertz CT molecular complexity index is 858. The number of benzene rings is 1. The summed E-state index contributed by atoms with van der Waals surface area (Å²) in [5.74, 6) is 0.188. The summed E-state index contributed by atoms with van der Waals surface area (Å²) in [5, 5.41) is 21.0. The third kappa shape index (κ3) is 4.26. The van der Waals surface area contributed by atoms with Gasteiger partial charge in [0.2, 0.25) is 5.13 Å². The molecule has 130 valence electrons. The number of nitrogens with zero attached hydrogens (tertiary/aromatic N) is 3. The highest BCUT2D eigenvalue weighted by Gasteiger charge is 2.16. The average molecular weight is 379 g/mol. The molecule has 1 heterocycles. The molecule has 2 rings (SSSR count). The van der Waals surface area contributed by atoms with Crippen LogP contribution in [0.5, 0.6) is 11.5 Å². The maximum absolute atomic E-state index is 12.3. The Balaban J connectivity index is 2.30. The predicted octanol–water partition coefficient (Wildman–Crippen LogP) is 3.32. The van der Waals surface area contributed by atoms with Crippen molar-refractivity contribution < 1.29 is 14.3 Å². The van der Waals surface area contributed by atoms with Crippen LogP contribution in [-0.4, -0.2) is 30.3 Å². The van der Waals surface area contributed by atoms with Crippen LogP contribution in [0.2, 0.25) is 5.02 Å². The van der Waals surface area contributed by atoms with Crippen LogP contribution in [-0.2, 0) is 11.2 Å². The molecule has 0 aliphatic carbocycles. The first-order valence-corrected chi connectivity index (χ1v) is 8.39. The maximum Gasteiger partial charge on any atom is 0.268 e. The summed E-state index contributed by atoms with van der Waals surface area (Å²) in [6.07, 6.45) is 2.09. The van der Waals surface area contributed by atoms with Crippen LogP contribution >= 0.6 is 22.9 Å². The highest BCUT2D eigenvalue weighted by molar-refractivity contribution is 7.15. The summed E-state index contributed by atoms with van der Waals surface area (Å²) in [5.41, 5.74) is 0.333.